The minimum absolute atomic E-state index is 0.0282. The number of benzene rings is 2. The monoisotopic (exact) mass is 939 g/mol. The van der Waals surface area contributed by atoms with Crippen LogP contribution in [0.1, 0.15) is 111 Å². The van der Waals surface area contributed by atoms with Crippen LogP contribution >= 0.6 is 0 Å². The highest BCUT2D eigenvalue weighted by Gasteiger charge is 2.30. The van der Waals surface area contributed by atoms with Gasteiger partial charge in [-0.1, -0.05) is 25.5 Å². The Balaban J connectivity index is 0.000000197. The Bertz CT molecular complexity index is 2640. The largest absolute Gasteiger partial charge is 0.477 e. The first-order valence-corrected chi connectivity index (χ1v) is 24.6. The first-order valence-electron chi connectivity index (χ1n) is 21.7. The average Bonchev–Trinajstić information content (AvgIpc) is 4.10. The second kappa shape index (κ2) is 20.6. The molecule has 0 saturated heterocycles. The van der Waals surface area contributed by atoms with Crippen LogP contribution in [0.15, 0.2) is 34.3 Å². The third-order valence-corrected chi connectivity index (χ3v) is 14.3. The van der Waals surface area contributed by atoms with Gasteiger partial charge in [0.15, 0.2) is 10.1 Å². The Morgan fingerprint density at radius 2 is 1.02 bits per heavy atom. The van der Waals surface area contributed by atoms with Gasteiger partial charge in [0.1, 0.15) is 11.4 Å². The molecule has 0 aliphatic heterocycles. The molecule has 0 spiro atoms. The number of anilines is 2. The number of rotatable bonds is 12. The number of hydrogen-bond donors (Lipinski definition) is 7. The normalized spacial score (nSPS) is 14.4. The molecule has 7 N–H and O–H groups in total. The van der Waals surface area contributed by atoms with E-state index in [1.165, 1.54) is 48.3 Å². The van der Waals surface area contributed by atoms with Crippen LogP contribution in [0.2, 0.25) is 0 Å². The maximum absolute atomic E-state index is 12.8. The van der Waals surface area contributed by atoms with E-state index in [0.717, 1.165) is 145 Å². The number of aliphatic hydroxyl groups excluding tert-OH is 2. The molecule has 0 unspecified atom stereocenters. The van der Waals surface area contributed by atoms with Crippen LogP contribution in [0.4, 0.5) is 21.0 Å². The number of aromatic nitrogens is 4. The fraction of sp³-hybridized carbons (Fsp3) is 0.488. The van der Waals surface area contributed by atoms with E-state index in [1.807, 2.05) is 9.44 Å². The van der Waals surface area contributed by atoms with Crippen LogP contribution in [-0.4, -0.2) is 107 Å². The van der Waals surface area contributed by atoms with Crippen molar-refractivity contribution in [2.45, 2.75) is 107 Å². The zero-order chi connectivity index (χ0) is 47.2. The van der Waals surface area contributed by atoms with Gasteiger partial charge >= 0.3 is 18.0 Å². The van der Waals surface area contributed by atoms with Crippen molar-refractivity contribution in [3.8, 4) is 0 Å². The lowest BCUT2D eigenvalue weighted by atomic mass is 9.99. The summed E-state index contributed by atoms with van der Waals surface area (Å²) in [5, 5.41) is 38.3. The van der Waals surface area contributed by atoms with Gasteiger partial charge in [0.25, 0.3) is 26.0 Å². The standard InChI is InChI=1S/C21H27N5O5S.C18H20N4O5S.C4H10O/c1-25(9-10-27)20(28)17-12-18(23-26(17)2)32(30,31)24-21(29)22-19-15-7-3-5-13(15)11-14-6-4-8-16(14)19;1-22-14(17(23)24)9-15(20-22)28(26,27)21-18(25)19-16-12-6-2-4-10(12)8-11-5-3-7-13(11)16;1-2-3-4-5/h11-12,27H,3-10H2,1-2H3,(H2,22,24,29);8-9H,2-7H2,1H3,(H,23,24)(H2,19,21,25);5H,2-4H2,1H3. The maximum atomic E-state index is 12.8. The summed E-state index contributed by atoms with van der Waals surface area (Å²) in [5.74, 6) is -1.80. The summed E-state index contributed by atoms with van der Waals surface area (Å²) < 4.78 is 56.5. The van der Waals surface area contributed by atoms with Crippen molar-refractivity contribution in [2.75, 3.05) is 37.4 Å². The lowest BCUT2D eigenvalue weighted by molar-refractivity contribution is 0.0684. The number of aliphatic hydroxyl groups is 2. The summed E-state index contributed by atoms with van der Waals surface area (Å²) in [4.78, 5) is 49.9. The van der Waals surface area contributed by atoms with Gasteiger partial charge in [0, 0.05) is 57.8 Å². The third kappa shape index (κ3) is 11.0. The van der Waals surface area contributed by atoms with E-state index < -0.39 is 54.0 Å². The number of amides is 5. The van der Waals surface area contributed by atoms with Gasteiger partial charge in [0.2, 0.25) is 0 Å². The van der Waals surface area contributed by atoms with Crippen molar-refractivity contribution in [3.05, 3.63) is 80.2 Å². The number of fused-ring (bicyclic) bond motifs is 4. The first kappa shape index (κ1) is 48.6. The number of nitrogens with zero attached hydrogens (tertiary/aromatic N) is 5. The highest BCUT2D eigenvalue weighted by molar-refractivity contribution is 7.90. The number of sulfonamides is 2. The zero-order valence-electron chi connectivity index (χ0n) is 37.0. The van der Waals surface area contributed by atoms with E-state index in [-0.39, 0.29) is 24.5 Å². The second-order valence-electron chi connectivity index (χ2n) is 16.4. The molecule has 0 radical (unpaired) electrons. The maximum Gasteiger partial charge on any atom is 0.354 e. The van der Waals surface area contributed by atoms with Crippen molar-refractivity contribution in [1.29, 1.82) is 0 Å². The number of likely N-dealkylation sites (N-methyl/N-ethyl adjacent to an activating group) is 1. The van der Waals surface area contributed by atoms with Crippen molar-refractivity contribution in [2.24, 2.45) is 14.1 Å². The lowest BCUT2D eigenvalue weighted by Gasteiger charge is -2.16. The number of aryl methyl sites for hydroxylation is 6. The molecule has 65 heavy (non-hydrogen) atoms. The first-order chi connectivity index (χ1) is 30.9. The minimum atomic E-state index is -4.30. The molecule has 0 fully saturated rings. The van der Waals surface area contributed by atoms with E-state index >= 15 is 0 Å². The van der Waals surface area contributed by atoms with Gasteiger partial charge in [-0.25, -0.2) is 23.8 Å². The van der Waals surface area contributed by atoms with Gasteiger partial charge in [-0.3, -0.25) is 14.2 Å². The number of urea groups is 2. The second-order valence-corrected chi connectivity index (χ2v) is 19.7. The molecule has 0 bridgehead atoms. The van der Waals surface area contributed by atoms with Crippen molar-refractivity contribution in [3.63, 3.8) is 0 Å². The average molecular weight is 940 g/mol. The molecule has 8 rings (SSSR count). The van der Waals surface area contributed by atoms with Crippen molar-refractivity contribution < 1.29 is 51.3 Å². The molecule has 352 valence electrons. The third-order valence-electron chi connectivity index (χ3n) is 11.9. The molecule has 22 heteroatoms. The van der Waals surface area contributed by atoms with E-state index in [0.29, 0.717) is 6.61 Å². The Kier molecular flexibility index (Phi) is 15.4. The number of nitrogens with one attached hydrogen (secondary N) is 4. The SMILES string of the molecule is CCCCO.CN(CCO)C(=O)c1cc(S(=O)(=O)NC(=O)Nc2c3c(cc4c2CCC4)CCC3)nn1C.Cn1nc(S(=O)(=O)NC(=O)Nc2c3c(cc4c2CCC4)CCC3)cc1C(=O)O. The Hall–Kier alpha value is -5.84. The van der Waals surface area contributed by atoms with E-state index in [2.05, 4.69) is 39.9 Å². The molecule has 2 heterocycles. The van der Waals surface area contributed by atoms with Crippen LogP contribution in [0.5, 0.6) is 0 Å². The Morgan fingerprint density at radius 3 is 1.34 bits per heavy atom. The highest BCUT2D eigenvalue weighted by Crippen LogP contribution is 2.40. The van der Waals surface area contributed by atoms with E-state index in [4.69, 9.17) is 15.3 Å². The topological polar surface area (TPSA) is 284 Å². The van der Waals surface area contributed by atoms with Crippen LogP contribution in [-0.2, 0) is 85.5 Å². The van der Waals surface area contributed by atoms with Crippen molar-refractivity contribution in [1.82, 2.24) is 33.9 Å². The molecular formula is C43H57N9O11S2. The Labute approximate surface area is 377 Å². The number of carbonyl (C=O) groups is 4. The molecule has 2 aromatic carbocycles. The molecular weight excluding hydrogens is 883 g/mol. The molecule has 4 aliphatic carbocycles. The number of carboxylic acids is 1. The van der Waals surface area contributed by atoms with Gasteiger partial charge in [0.05, 0.1) is 6.61 Å². The zero-order valence-corrected chi connectivity index (χ0v) is 38.6. The number of carbonyl (C=O) groups excluding carboxylic acids is 3. The van der Waals surface area contributed by atoms with Gasteiger partial charge in [-0.05, 0) is 128 Å². The fourth-order valence-corrected chi connectivity index (χ4v) is 10.5. The minimum Gasteiger partial charge on any atom is -0.477 e. The summed E-state index contributed by atoms with van der Waals surface area (Å²) >= 11 is 0. The summed E-state index contributed by atoms with van der Waals surface area (Å²) in [7, 11) is -4.35. The van der Waals surface area contributed by atoms with Gasteiger partial charge in [-0.2, -0.15) is 27.0 Å². The Morgan fingerprint density at radius 1 is 0.631 bits per heavy atom. The number of unbranched alkanes of at least 4 members (excludes halogenated alkanes) is 1. The van der Waals surface area contributed by atoms with E-state index in [9.17, 15) is 36.0 Å². The quantitative estimate of drug-likeness (QED) is 0.107. The van der Waals surface area contributed by atoms with E-state index in [1.54, 1.807) is 0 Å². The van der Waals surface area contributed by atoms with Crippen LogP contribution in [0, 0.1) is 0 Å². The summed E-state index contributed by atoms with van der Waals surface area (Å²) in [6, 6.07) is 4.74. The molecule has 0 atom stereocenters. The highest BCUT2D eigenvalue weighted by atomic mass is 32.2. The molecule has 4 aromatic rings. The molecule has 2 aromatic heterocycles. The van der Waals surface area contributed by atoms with Crippen LogP contribution < -0.4 is 20.1 Å². The predicted octanol–water partition coefficient (Wildman–Crippen LogP) is 3.36. The number of aromatic carboxylic acids is 1. The molecule has 5 amide bonds. The summed E-state index contributed by atoms with van der Waals surface area (Å²) in [6.45, 7) is 2.27. The smallest absolute Gasteiger partial charge is 0.354 e. The van der Waals surface area contributed by atoms with Crippen molar-refractivity contribution >= 4 is 55.4 Å². The van der Waals surface area contributed by atoms with Gasteiger partial charge in [-0.15, -0.1) is 0 Å². The summed E-state index contributed by atoms with van der Waals surface area (Å²) in [6.07, 6.45) is 13.4. The van der Waals surface area contributed by atoms with Crippen LogP contribution in [0.3, 0.4) is 0 Å². The fourth-order valence-electron chi connectivity index (χ4n) is 8.71. The molecule has 0 saturated carbocycles. The molecule has 4 aliphatic rings. The number of carboxylic acid groups (broad SMARTS) is 1. The molecule has 20 nitrogen and oxygen atoms in total. The van der Waals surface area contributed by atoms with Gasteiger partial charge < -0.3 is 30.9 Å². The van der Waals surface area contributed by atoms with Crippen LogP contribution in [0.25, 0.3) is 0 Å². The lowest BCUT2D eigenvalue weighted by Crippen LogP contribution is -2.35. The predicted molar refractivity (Wildman–Crippen MR) is 239 cm³/mol. The number of hydrogen-bond acceptors (Lipinski definition) is 12. The summed E-state index contributed by atoms with van der Waals surface area (Å²) in [5.41, 5.74) is 10.4.